The van der Waals surface area contributed by atoms with E-state index in [-0.39, 0.29) is 18.0 Å². The Bertz CT molecular complexity index is 753. The molecule has 0 saturated heterocycles. The summed E-state index contributed by atoms with van der Waals surface area (Å²) in [5.74, 6) is -0.505. The molecule has 1 atom stereocenters. The van der Waals surface area contributed by atoms with Gasteiger partial charge in [-0.25, -0.2) is 9.59 Å². The second-order valence-electron chi connectivity index (χ2n) is 6.81. The first-order valence-corrected chi connectivity index (χ1v) is 9.10. The summed E-state index contributed by atoms with van der Waals surface area (Å²) in [6.45, 7) is 7.23. The topological polar surface area (TPSA) is 87.7 Å². The van der Waals surface area contributed by atoms with Crippen molar-refractivity contribution in [3.05, 3.63) is 41.1 Å². The van der Waals surface area contributed by atoms with Crippen LogP contribution in [-0.4, -0.2) is 36.0 Å². The van der Waals surface area contributed by atoms with E-state index in [1.165, 1.54) is 4.90 Å². The summed E-state index contributed by atoms with van der Waals surface area (Å²) in [6.07, 6.45) is 0.967. The van der Waals surface area contributed by atoms with Crippen molar-refractivity contribution in [2.24, 2.45) is 0 Å². The predicted molar refractivity (Wildman–Crippen MR) is 103 cm³/mol. The van der Waals surface area contributed by atoms with Crippen LogP contribution < -0.4 is 10.6 Å². The highest BCUT2D eigenvalue weighted by atomic mass is 16.5. The maximum atomic E-state index is 12.6. The standard InChI is InChI=1S/C20H27N3O4/c1-6-7-16(24)21-15-10-8-14(9-11-15)18-17(19(25)27-12(2)3)13(4)23(5)20(26)22-18/h8-12,18H,6-7H2,1-5H3,(H,21,24)(H,22,26)/t18-/m1/s1. The zero-order valence-electron chi connectivity index (χ0n) is 16.5. The van der Waals surface area contributed by atoms with Crippen LogP contribution in [0, 0.1) is 0 Å². The van der Waals surface area contributed by atoms with Crippen molar-refractivity contribution in [3.63, 3.8) is 0 Å². The Morgan fingerprint density at radius 1 is 1.26 bits per heavy atom. The molecule has 1 aliphatic rings. The SMILES string of the molecule is CCCC(=O)Nc1ccc([C@H]2NC(=O)N(C)C(C)=C2C(=O)OC(C)C)cc1. The van der Waals surface area contributed by atoms with E-state index in [4.69, 9.17) is 4.74 Å². The summed E-state index contributed by atoms with van der Waals surface area (Å²) in [4.78, 5) is 38.0. The number of ether oxygens (including phenoxy) is 1. The van der Waals surface area contributed by atoms with Crippen LogP contribution in [0.15, 0.2) is 35.5 Å². The molecular formula is C20H27N3O4. The molecule has 0 fully saturated rings. The largest absolute Gasteiger partial charge is 0.459 e. The van der Waals surface area contributed by atoms with Crippen LogP contribution in [0.3, 0.4) is 0 Å². The minimum atomic E-state index is -0.611. The van der Waals surface area contributed by atoms with Gasteiger partial charge in [-0.3, -0.25) is 4.79 Å². The Balaban J connectivity index is 2.32. The number of rotatable bonds is 6. The molecule has 146 valence electrons. The number of amides is 3. The third-order valence-electron chi connectivity index (χ3n) is 4.32. The summed E-state index contributed by atoms with van der Waals surface area (Å²) in [7, 11) is 1.61. The number of hydrogen-bond donors (Lipinski definition) is 2. The molecule has 0 aliphatic carbocycles. The van der Waals surface area contributed by atoms with Crippen LogP contribution in [0.5, 0.6) is 0 Å². The number of carbonyl (C=O) groups is 3. The number of nitrogens with zero attached hydrogens (tertiary/aromatic N) is 1. The van der Waals surface area contributed by atoms with Crippen LogP contribution in [0.4, 0.5) is 10.5 Å². The zero-order chi connectivity index (χ0) is 20.1. The van der Waals surface area contributed by atoms with Gasteiger partial charge < -0.3 is 20.3 Å². The minimum absolute atomic E-state index is 0.0465. The Kier molecular flexibility index (Phi) is 6.60. The van der Waals surface area contributed by atoms with Crippen molar-refractivity contribution in [2.75, 3.05) is 12.4 Å². The number of hydrogen-bond acceptors (Lipinski definition) is 4. The van der Waals surface area contributed by atoms with Crippen molar-refractivity contribution in [3.8, 4) is 0 Å². The lowest BCUT2D eigenvalue weighted by atomic mass is 9.95. The molecule has 0 bridgehead atoms. The summed E-state index contributed by atoms with van der Waals surface area (Å²) >= 11 is 0. The van der Waals surface area contributed by atoms with E-state index in [0.717, 1.165) is 12.0 Å². The molecule has 0 aromatic heterocycles. The van der Waals surface area contributed by atoms with Crippen LogP contribution in [0.25, 0.3) is 0 Å². The Labute approximate surface area is 159 Å². The lowest BCUT2D eigenvalue weighted by molar-refractivity contribution is -0.143. The van der Waals surface area contributed by atoms with Gasteiger partial charge in [0.05, 0.1) is 17.7 Å². The molecule has 0 unspecified atom stereocenters. The molecule has 1 heterocycles. The molecule has 7 nitrogen and oxygen atoms in total. The molecule has 0 radical (unpaired) electrons. The molecule has 0 saturated carbocycles. The number of allylic oxidation sites excluding steroid dienone is 1. The second kappa shape index (κ2) is 8.70. The van der Waals surface area contributed by atoms with Crippen molar-refractivity contribution < 1.29 is 19.1 Å². The summed E-state index contributed by atoms with van der Waals surface area (Å²) in [5, 5.41) is 5.66. The Morgan fingerprint density at radius 2 is 1.89 bits per heavy atom. The van der Waals surface area contributed by atoms with Crippen LogP contribution in [0.2, 0.25) is 0 Å². The molecule has 0 spiro atoms. The van der Waals surface area contributed by atoms with Gasteiger partial charge in [-0.2, -0.15) is 0 Å². The number of esters is 1. The first kappa shape index (κ1) is 20.5. The van der Waals surface area contributed by atoms with E-state index >= 15 is 0 Å². The van der Waals surface area contributed by atoms with Gasteiger partial charge >= 0.3 is 12.0 Å². The van der Waals surface area contributed by atoms with Crippen molar-refractivity contribution in [1.82, 2.24) is 10.2 Å². The third kappa shape index (κ3) is 4.87. The Morgan fingerprint density at radius 3 is 2.44 bits per heavy atom. The van der Waals surface area contributed by atoms with E-state index < -0.39 is 12.0 Å². The smallest absolute Gasteiger partial charge is 0.338 e. The van der Waals surface area contributed by atoms with Gasteiger partial charge in [0, 0.05) is 24.9 Å². The highest BCUT2D eigenvalue weighted by Crippen LogP contribution is 2.31. The maximum absolute atomic E-state index is 12.6. The fourth-order valence-electron chi connectivity index (χ4n) is 2.84. The van der Waals surface area contributed by atoms with Gasteiger partial charge in [0.25, 0.3) is 0 Å². The summed E-state index contributed by atoms with van der Waals surface area (Å²) in [5.41, 5.74) is 2.35. The van der Waals surface area contributed by atoms with Crippen molar-refractivity contribution in [1.29, 1.82) is 0 Å². The van der Waals surface area contributed by atoms with Gasteiger partial charge in [0.2, 0.25) is 5.91 Å². The molecular weight excluding hydrogens is 346 g/mol. The molecule has 3 amide bonds. The van der Waals surface area contributed by atoms with Gasteiger partial charge in [0.1, 0.15) is 0 Å². The average molecular weight is 373 g/mol. The van der Waals surface area contributed by atoms with E-state index in [0.29, 0.717) is 23.4 Å². The van der Waals surface area contributed by atoms with Crippen molar-refractivity contribution in [2.45, 2.75) is 52.7 Å². The highest BCUT2D eigenvalue weighted by molar-refractivity contribution is 5.95. The highest BCUT2D eigenvalue weighted by Gasteiger charge is 2.35. The normalized spacial score (nSPS) is 17.0. The molecule has 1 aliphatic heterocycles. The molecule has 7 heteroatoms. The van der Waals surface area contributed by atoms with Crippen molar-refractivity contribution >= 4 is 23.6 Å². The zero-order valence-corrected chi connectivity index (χ0v) is 16.5. The minimum Gasteiger partial charge on any atom is -0.459 e. The third-order valence-corrected chi connectivity index (χ3v) is 4.32. The summed E-state index contributed by atoms with van der Waals surface area (Å²) < 4.78 is 5.37. The van der Waals surface area contributed by atoms with E-state index in [9.17, 15) is 14.4 Å². The maximum Gasteiger partial charge on any atom is 0.338 e. The number of benzene rings is 1. The van der Waals surface area contributed by atoms with E-state index in [1.807, 2.05) is 6.92 Å². The molecule has 1 aromatic rings. The lowest BCUT2D eigenvalue weighted by Gasteiger charge is -2.33. The van der Waals surface area contributed by atoms with E-state index in [1.54, 1.807) is 52.1 Å². The fraction of sp³-hybridized carbons (Fsp3) is 0.450. The van der Waals surface area contributed by atoms with Crippen LogP contribution in [0.1, 0.15) is 52.1 Å². The Hall–Kier alpha value is -2.83. The lowest BCUT2D eigenvalue weighted by Crippen LogP contribution is -2.46. The number of nitrogens with one attached hydrogen (secondary N) is 2. The number of carbonyl (C=O) groups excluding carboxylic acids is 3. The van der Waals surface area contributed by atoms with Crippen LogP contribution >= 0.6 is 0 Å². The second-order valence-corrected chi connectivity index (χ2v) is 6.81. The average Bonchev–Trinajstić information content (AvgIpc) is 2.59. The van der Waals surface area contributed by atoms with E-state index in [2.05, 4.69) is 10.6 Å². The van der Waals surface area contributed by atoms with Gasteiger partial charge in [-0.05, 0) is 44.9 Å². The molecule has 2 rings (SSSR count). The molecule has 1 aromatic carbocycles. The monoisotopic (exact) mass is 373 g/mol. The van der Waals surface area contributed by atoms with Crippen LogP contribution in [-0.2, 0) is 14.3 Å². The number of anilines is 1. The van der Waals surface area contributed by atoms with Gasteiger partial charge in [-0.1, -0.05) is 19.1 Å². The predicted octanol–water partition coefficient (Wildman–Crippen LogP) is 3.35. The fourth-order valence-corrected chi connectivity index (χ4v) is 2.84. The first-order chi connectivity index (χ1) is 12.7. The molecule has 2 N–H and O–H groups in total. The first-order valence-electron chi connectivity index (χ1n) is 9.10. The molecule has 27 heavy (non-hydrogen) atoms. The quantitative estimate of drug-likeness (QED) is 0.749. The van der Waals surface area contributed by atoms with Gasteiger partial charge in [0.15, 0.2) is 0 Å². The number of urea groups is 1. The van der Waals surface area contributed by atoms with Gasteiger partial charge in [-0.15, -0.1) is 0 Å². The summed E-state index contributed by atoms with van der Waals surface area (Å²) in [6, 6.07) is 6.18.